The van der Waals surface area contributed by atoms with Crippen molar-refractivity contribution >= 4 is 11.8 Å². The average Bonchev–Trinajstić information content (AvgIpc) is 2.74. The molecule has 0 radical (unpaired) electrons. The van der Waals surface area contributed by atoms with Crippen LogP contribution in [0.3, 0.4) is 0 Å². The predicted octanol–water partition coefficient (Wildman–Crippen LogP) is 2.77. The van der Waals surface area contributed by atoms with E-state index in [1.54, 1.807) is 25.9 Å². The van der Waals surface area contributed by atoms with Gasteiger partial charge < -0.3 is 19.3 Å². The number of amides is 2. The lowest BCUT2D eigenvalue weighted by Gasteiger charge is -2.38. The first kappa shape index (κ1) is 20.7. The number of benzene rings is 2. The molecule has 2 aromatic carbocycles. The van der Waals surface area contributed by atoms with Crippen molar-refractivity contribution in [1.29, 1.82) is 0 Å². The molecule has 0 atom stereocenters. The zero-order valence-electron chi connectivity index (χ0n) is 17.3. The Bertz CT molecular complexity index is 826. The molecule has 0 aliphatic carbocycles. The quantitative estimate of drug-likeness (QED) is 0.753. The van der Waals surface area contributed by atoms with Gasteiger partial charge in [0, 0.05) is 26.2 Å². The number of para-hydroxylation sites is 1. The highest BCUT2D eigenvalue weighted by atomic mass is 16.5. The third-order valence-electron chi connectivity index (χ3n) is 5.07. The summed E-state index contributed by atoms with van der Waals surface area (Å²) in [4.78, 5) is 29.1. The average molecular weight is 396 g/mol. The molecule has 2 amide bonds. The first-order valence-corrected chi connectivity index (χ1v) is 9.83. The lowest BCUT2D eigenvalue weighted by atomic mass is 10.1. The van der Waals surface area contributed by atoms with Gasteiger partial charge in [0.15, 0.2) is 5.60 Å². The number of nitrogens with zero attached hydrogens (tertiary/aromatic N) is 2. The molecule has 1 fully saturated rings. The minimum atomic E-state index is -0.962. The highest BCUT2D eigenvalue weighted by Crippen LogP contribution is 2.21. The molecule has 1 aliphatic rings. The highest BCUT2D eigenvalue weighted by Gasteiger charge is 2.36. The van der Waals surface area contributed by atoms with E-state index in [1.165, 1.54) is 0 Å². The molecular formula is C23H28N2O4. The summed E-state index contributed by atoms with van der Waals surface area (Å²) in [6, 6.07) is 16.9. The van der Waals surface area contributed by atoms with Crippen LogP contribution in [0.15, 0.2) is 54.6 Å². The van der Waals surface area contributed by atoms with Crippen LogP contribution in [0.25, 0.3) is 0 Å². The van der Waals surface area contributed by atoms with Crippen LogP contribution in [0, 0.1) is 0 Å². The summed E-state index contributed by atoms with van der Waals surface area (Å²) in [6.07, 6.45) is 0.348. The van der Waals surface area contributed by atoms with Crippen LogP contribution < -0.4 is 9.47 Å². The van der Waals surface area contributed by atoms with Crippen LogP contribution in [-0.4, -0.2) is 60.5 Å². The van der Waals surface area contributed by atoms with Gasteiger partial charge in [0.25, 0.3) is 5.91 Å². The van der Waals surface area contributed by atoms with E-state index in [-0.39, 0.29) is 11.8 Å². The van der Waals surface area contributed by atoms with Crippen molar-refractivity contribution in [3.8, 4) is 11.5 Å². The molecule has 2 aromatic rings. The summed E-state index contributed by atoms with van der Waals surface area (Å²) in [5.41, 5.74) is -0.0110. The molecule has 1 aliphatic heterocycles. The molecule has 1 saturated heterocycles. The van der Waals surface area contributed by atoms with Crippen LogP contribution in [0.5, 0.6) is 11.5 Å². The topological polar surface area (TPSA) is 59.1 Å². The Morgan fingerprint density at radius 3 is 2.03 bits per heavy atom. The Balaban J connectivity index is 1.52. The Morgan fingerprint density at radius 1 is 0.862 bits per heavy atom. The number of piperazine rings is 1. The first-order valence-electron chi connectivity index (χ1n) is 9.83. The number of rotatable bonds is 6. The summed E-state index contributed by atoms with van der Waals surface area (Å²) < 4.78 is 11.1. The zero-order valence-corrected chi connectivity index (χ0v) is 17.3. The number of carbonyl (C=O) groups excluding carboxylic acids is 2. The zero-order chi connectivity index (χ0) is 20.9. The summed E-state index contributed by atoms with van der Waals surface area (Å²) in [6.45, 7) is 5.64. The summed E-state index contributed by atoms with van der Waals surface area (Å²) >= 11 is 0. The molecule has 29 heavy (non-hydrogen) atoms. The van der Waals surface area contributed by atoms with E-state index in [0.29, 0.717) is 38.3 Å². The summed E-state index contributed by atoms with van der Waals surface area (Å²) in [7, 11) is 1.62. The number of methoxy groups -OCH3 is 1. The van der Waals surface area contributed by atoms with Gasteiger partial charge in [-0.3, -0.25) is 9.59 Å². The van der Waals surface area contributed by atoms with Crippen LogP contribution >= 0.6 is 0 Å². The Hall–Kier alpha value is -3.02. The van der Waals surface area contributed by atoms with Crippen LogP contribution in [0.4, 0.5) is 0 Å². The fourth-order valence-electron chi connectivity index (χ4n) is 3.40. The maximum Gasteiger partial charge on any atom is 0.266 e. The van der Waals surface area contributed by atoms with Gasteiger partial charge in [-0.05, 0) is 43.7 Å². The number of hydrogen-bond acceptors (Lipinski definition) is 4. The van der Waals surface area contributed by atoms with E-state index < -0.39 is 5.60 Å². The van der Waals surface area contributed by atoms with Crippen LogP contribution in [0.2, 0.25) is 0 Å². The molecule has 1 heterocycles. The molecule has 0 aromatic heterocycles. The second kappa shape index (κ2) is 8.99. The number of ether oxygens (including phenoxy) is 2. The van der Waals surface area contributed by atoms with Crippen LogP contribution in [-0.2, 0) is 16.0 Å². The van der Waals surface area contributed by atoms with Crippen molar-refractivity contribution in [3.05, 3.63) is 60.2 Å². The third kappa shape index (κ3) is 5.28. The van der Waals surface area contributed by atoms with Gasteiger partial charge in [0.2, 0.25) is 5.91 Å². The predicted molar refractivity (Wildman–Crippen MR) is 111 cm³/mol. The van der Waals surface area contributed by atoms with Crippen molar-refractivity contribution < 1.29 is 19.1 Å². The molecule has 0 bridgehead atoms. The van der Waals surface area contributed by atoms with Gasteiger partial charge in [-0.25, -0.2) is 0 Å². The fourth-order valence-corrected chi connectivity index (χ4v) is 3.40. The van der Waals surface area contributed by atoms with E-state index >= 15 is 0 Å². The van der Waals surface area contributed by atoms with Crippen molar-refractivity contribution in [3.63, 3.8) is 0 Å². The molecule has 0 spiro atoms. The lowest BCUT2D eigenvalue weighted by molar-refractivity contribution is -0.149. The van der Waals surface area contributed by atoms with E-state index in [4.69, 9.17) is 9.47 Å². The Morgan fingerprint density at radius 2 is 1.45 bits per heavy atom. The summed E-state index contributed by atoms with van der Waals surface area (Å²) in [5, 5.41) is 0. The second-order valence-corrected chi connectivity index (χ2v) is 7.62. The summed E-state index contributed by atoms with van der Waals surface area (Å²) in [5.74, 6) is 1.44. The van der Waals surface area contributed by atoms with Crippen molar-refractivity contribution in [2.24, 2.45) is 0 Å². The molecule has 0 saturated carbocycles. The SMILES string of the molecule is COc1ccc(CC(=O)N2CCN(C(=O)C(C)(C)Oc3ccccc3)CC2)cc1. The molecule has 0 unspecified atom stereocenters. The van der Waals surface area contributed by atoms with Gasteiger partial charge in [-0.1, -0.05) is 30.3 Å². The van der Waals surface area contributed by atoms with Gasteiger partial charge in [0.05, 0.1) is 13.5 Å². The van der Waals surface area contributed by atoms with Gasteiger partial charge in [-0.15, -0.1) is 0 Å². The van der Waals surface area contributed by atoms with E-state index in [0.717, 1.165) is 11.3 Å². The number of carbonyl (C=O) groups is 2. The Labute approximate surface area is 172 Å². The van der Waals surface area contributed by atoms with Crippen molar-refractivity contribution in [2.75, 3.05) is 33.3 Å². The second-order valence-electron chi connectivity index (χ2n) is 7.62. The molecular weight excluding hydrogens is 368 g/mol. The van der Waals surface area contributed by atoms with E-state index in [9.17, 15) is 9.59 Å². The third-order valence-corrected chi connectivity index (χ3v) is 5.07. The molecule has 0 N–H and O–H groups in total. The molecule has 6 heteroatoms. The first-order chi connectivity index (χ1) is 13.9. The minimum absolute atomic E-state index is 0.0661. The standard InChI is InChI=1S/C23H28N2O4/c1-23(2,29-20-7-5-4-6-8-20)22(27)25-15-13-24(14-16-25)21(26)17-18-9-11-19(28-3)12-10-18/h4-12H,13-17H2,1-3H3. The monoisotopic (exact) mass is 396 g/mol. The molecule has 154 valence electrons. The van der Waals surface area contributed by atoms with Gasteiger partial charge in [-0.2, -0.15) is 0 Å². The molecule has 6 nitrogen and oxygen atoms in total. The van der Waals surface area contributed by atoms with Gasteiger partial charge in [0.1, 0.15) is 11.5 Å². The number of hydrogen-bond donors (Lipinski definition) is 0. The van der Waals surface area contributed by atoms with E-state index in [1.807, 2.05) is 59.5 Å². The van der Waals surface area contributed by atoms with E-state index in [2.05, 4.69) is 0 Å². The lowest BCUT2D eigenvalue weighted by Crippen LogP contribution is -2.56. The fraction of sp³-hybridized carbons (Fsp3) is 0.391. The van der Waals surface area contributed by atoms with Crippen molar-refractivity contribution in [1.82, 2.24) is 9.80 Å². The normalized spacial score (nSPS) is 14.4. The van der Waals surface area contributed by atoms with Gasteiger partial charge >= 0.3 is 0 Å². The largest absolute Gasteiger partial charge is 0.497 e. The minimum Gasteiger partial charge on any atom is -0.497 e. The van der Waals surface area contributed by atoms with Crippen molar-refractivity contribution in [2.45, 2.75) is 25.9 Å². The smallest absolute Gasteiger partial charge is 0.266 e. The maximum absolute atomic E-state index is 12.9. The maximum atomic E-state index is 12.9. The van der Waals surface area contributed by atoms with Crippen LogP contribution in [0.1, 0.15) is 19.4 Å². The molecule has 3 rings (SSSR count). The Kier molecular flexibility index (Phi) is 6.42. The highest BCUT2D eigenvalue weighted by molar-refractivity contribution is 5.85.